The van der Waals surface area contributed by atoms with Gasteiger partial charge >= 0.3 is 0 Å². The molecular weight excluding hydrogens is 378 g/mol. The highest BCUT2D eigenvalue weighted by molar-refractivity contribution is 5.94. The second kappa shape index (κ2) is 9.56. The van der Waals surface area contributed by atoms with Crippen LogP contribution in [0.5, 0.6) is 0 Å². The maximum Gasteiger partial charge on any atom is 0.231 e. The van der Waals surface area contributed by atoms with E-state index >= 15 is 0 Å². The van der Waals surface area contributed by atoms with Gasteiger partial charge in [-0.15, -0.1) is 0 Å². The summed E-state index contributed by atoms with van der Waals surface area (Å²) in [6.07, 6.45) is 6.22. The van der Waals surface area contributed by atoms with Gasteiger partial charge in [0.2, 0.25) is 11.9 Å². The van der Waals surface area contributed by atoms with Crippen molar-refractivity contribution in [3.05, 3.63) is 35.4 Å². The van der Waals surface area contributed by atoms with E-state index in [0.29, 0.717) is 5.82 Å². The third-order valence-corrected chi connectivity index (χ3v) is 5.16. The number of nitrogens with one attached hydrogen (secondary N) is 2. The van der Waals surface area contributed by atoms with E-state index in [1.165, 1.54) is 0 Å². The first-order chi connectivity index (χ1) is 14.3. The van der Waals surface area contributed by atoms with Crippen LogP contribution in [0.25, 0.3) is 10.9 Å². The average Bonchev–Trinajstić information content (AvgIpc) is 2.68. The number of allylic oxidation sites excluding steroid dienone is 1. The van der Waals surface area contributed by atoms with Gasteiger partial charge in [0.25, 0.3) is 0 Å². The molecule has 1 aromatic carbocycles. The van der Waals surface area contributed by atoms with E-state index in [4.69, 9.17) is 11.5 Å². The number of hydrogen-bond acceptors (Lipinski definition) is 5. The summed E-state index contributed by atoms with van der Waals surface area (Å²) in [5, 5.41) is 7.26. The number of guanidine groups is 1. The van der Waals surface area contributed by atoms with Crippen molar-refractivity contribution in [1.82, 2.24) is 9.97 Å². The number of rotatable bonds is 6. The van der Waals surface area contributed by atoms with Crippen LogP contribution in [0.3, 0.4) is 0 Å². The van der Waals surface area contributed by atoms with Crippen LogP contribution in [0.1, 0.15) is 51.5 Å². The summed E-state index contributed by atoms with van der Waals surface area (Å²) in [6, 6.07) is 6.04. The number of carbonyl (C=O) groups is 1. The molecule has 6 N–H and O–H groups in total. The fraction of sp³-hybridized carbons (Fsp3) is 0.455. The summed E-state index contributed by atoms with van der Waals surface area (Å²) in [4.78, 5) is 25.9. The minimum atomic E-state index is -0.148. The Morgan fingerprint density at radius 3 is 2.73 bits per heavy atom. The molecule has 0 saturated heterocycles. The van der Waals surface area contributed by atoms with Gasteiger partial charge in [0.05, 0.1) is 17.6 Å². The van der Waals surface area contributed by atoms with Crippen LogP contribution in [-0.2, 0) is 4.79 Å². The van der Waals surface area contributed by atoms with Crippen molar-refractivity contribution in [2.45, 2.75) is 65.0 Å². The summed E-state index contributed by atoms with van der Waals surface area (Å²) in [6.45, 7) is 5.95. The van der Waals surface area contributed by atoms with Crippen LogP contribution < -0.4 is 22.1 Å². The number of fused-ring (bicyclic) bond motifs is 1. The number of aryl methyl sites for hydroxylation is 1. The number of aromatic nitrogens is 2. The molecule has 2 unspecified atom stereocenters. The first-order valence-electron chi connectivity index (χ1n) is 10.4. The van der Waals surface area contributed by atoms with Gasteiger partial charge in [-0.25, -0.2) is 9.98 Å². The molecule has 30 heavy (non-hydrogen) atoms. The van der Waals surface area contributed by atoms with E-state index in [1.807, 2.05) is 45.0 Å². The molecule has 2 aromatic rings. The molecule has 0 aliphatic heterocycles. The lowest BCUT2D eigenvalue weighted by Gasteiger charge is -2.30. The van der Waals surface area contributed by atoms with Crippen LogP contribution in [0, 0.1) is 6.92 Å². The van der Waals surface area contributed by atoms with E-state index < -0.39 is 0 Å². The first kappa shape index (κ1) is 21.5. The highest BCUT2D eigenvalue weighted by Gasteiger charge is 2.26. The van der Waals surface area contributed by atoms with Crippen molar-refractivity contribution < 1.29 is 4.79 Å². The Bertz CT molecular complexity index is 975. The smallest absolute Gasteiger partial charge is 0.231 e. The predicted molar refractivity (Wildman–Crippen MR) is 122 cm³/mol. The van der Waals surface area contributed by atoms with Gasteiger partial charge in [-0.05, 0) is 45.7 Å². The van der Waals surface area contributed by atoms with Gasteiger partial charge in [0, 0.05) is 11.8 Å². The predicted octanol–water partition coefficient (Wildman–Crippen LogP) is 3.23. The normalized spacial score (nSPS) is 18.5. The highest BCUT2D eigenvalue weighted by Crippen LogP contribution is 2.28. The molecule has 1 saturated carbocycles. The summed E-state index contributed by atoms with van der Waals surface area (Å²) in [5.74, 6) is 0.924. The summed E-state index contributed by atoms with van der Waals surface area (Å²) in [5.41, 5.74) is 14.2. The van der Waals surface area contributed by atoms with Gasteiger partial charge < -0.3 is 16.8 Å². The van der Waals surface area contributed by atoms with E-state index in [9.17, 15) is 4.79 Å². The molecule has 1 heterocycles. The number of benzene rings is 1. The molecule has 2 atom stereocenters. The van der Waals surface area contributed by atoms with Crippen LogP contribution in [0.2, 0.25) is 0 Å². The zero-order valence-corrected chi connectivity index (χ0v) is 17.9. The summed E-state index contributed by atoms with van der Waals surface area (Å²) in [7, 11) is 0. The quantitative estimate of drug-likeness (QED) is 0.329. The molecule has 8 heteroatoms. The second-order valence-electron chi connectivity index (χ2n) is 8.11. The zero-order chi connectivity index (χ0) is 21.7. The van der Waals surface area contributed by atoms with Crippen LogP contribution in [0.15, 0.2) is 34.8 Å². The molecule has 160 valence electrons. The first-order valence-corrected chi connectivity index (χ1v) is 10.4. The lowest BCUT2D eigenvalue weighted by Crippen LogP contribution is -2.38. The van der Waals surface area contributed by atoms with Gasteiger partial charge in [0.1, 0.15) is 5.82 Å². The van der Waals surface area contributed by atoms with E-state index in [0.717, 1.165) is 47.7 Å². The standard InChI is InChI=1S/C22H31N7O/c1-13(2)8-11-19(30)28-22-27-16-10-9-14(3)12-15(16)20(29-22)25-17-6-4-5-7-18(17)26-21(23)24/h8-10,12,17-18H,4-7,11H2,1-3H3,(H4,23,24,26)(H2,25,27,28,29,30). The third kappa shape index (κ3) is 5.68. The summed E-state index contributed by atoms with van der Waals surface area (Å²) < 4.78 is 0. The Kier molecular flexibility index (Phi) is 6.87. The molecule has 0 bridgehead atoms. The molecule has 8 nitrogen and oxygen atoms in total. The van der Waals surface area contributed by atoms with Crippen LogP contribution in [-0.4, -0.2) is 33.9 Å². The minimum absolute atomic E-state index is 0.00529. The SMILES string of the molecule is CC(C)=CCC(=O)Nc1nc(NC2CCCCC2N=C(N)N)c2cc(C)ccc2n1. The molecule has 1 amide bonds. The number of aliphatic imine (C=N–C) groups is 1. The minimum Gasteiger partial charge on any atom is -0.370 e. The monoisotopic (exact) mass is 409 g/mol. The Balaban J connectivity index is 1.93. The van der Waals surface area contributed by atoms with Crippen molar-refractivity contribution in [2.24, 2.45) is 16.5 Å². The van der Waals surface area contributed by atoms with E-state index in [2.05, 4.69) is 25.6 Å². The number of hydrogen-bond donors (Lipinski definition) is 4. The van der Waals surface area contributed by atoms with Gasteiger partial charge in [0.15, 0.2) is 5.96 Å². The maximum atomic E-state index is 12.3. The number of carbonyl (C=O) groups excluding carboxylic acids is 1. The Morgan fingerprint density at radius 1 is 1.23 bits per heavy atom. The molecule has 3 rings (SSSR count). The van der Waals surface area contributed by atoms with Crippen molar-refractivity contribution in [1.29, 1.82) is 0 Å². The van der Waals surface area contributed by atoms with Crippen molar-refractivity contribution in [2.75, 3.05) is 10.6 Å². The fourth-order valence-corrected chi connectivity index (χ4v) is 3.68. The molecule has 1 fully saturated rings. The lowest BCUT2D eigenvalue weighted by molar-refractivity contribution is -0.115. The Morgan fingerprint density at radius 2 is 2.00 bits per heavy atom. The van der Waals surface area contributed by atoms with E-state index in [-0.39, 0.29) is 36.3 Å². The van der Waals surface area contributed by atoms with Gasteiger partial charge in [-0.3, -0.25) is 10.1 Å². The molecular formula is C22H31N7O. The number of amides is 1. The zero-order valence-electron chi connectivity index (χ0n) is 17.9. The van der Waals surface area contributed by atoms with E-state index in [1.54, 1.807) is 0 Å². The molecule has 0 radical (unpaired) electrons. The number of nitrogens with zero attached hydrogens (tertiary/aromatic N) is 3. The maximum absolute atomic E-state index is 12.3. The van der Waals surface area contributed by atoms with Crippen LogP contribution in [0.4, 0.5) is 11.8 Å². The Hall–Kier alpha value is -3.16. The summed E-state index contributed by atoms with van der Waals surface area (Å²) >= 11 is 0. The lowest BCUT2D eigenvalue weighted by atomic mass is 9.90. The van der Waals surface area contributed by atoms with Crippen molar-refractivity contribution in [3.63, 3.8) is 0 Å². The molecule has 1 aliphatic rings. The number of nitrogens with two attached hydrogens (primary N) is 2. The average molecular weight is 410 g/mol. The van der Waals surface area contributed by atoms with Crippen LogP contribution >= 0.6 is 0 Å². The fourth-order valence-electron chi connectivity index (χ4n) is 3.68. The molecule has 1 aromatic heterocycles. The highest BCUT2D eigenvalue weighted by atomic mass is 16.1. The topological polar surface area (TPSA) is 131 Å². The Labute approximate surface area is 177 Å². The van der Waals surface area contributed by atoms with Crippen molar-refractivity contribution in [3.8, 4) is 0 Å². The number of anilines is 2. The largest absolute Gasteiger partial charge is 0.370 e. The van der Waals surface area contributed by atoms with Gasteiger partial charge in [-0.2, -0.15) is 4.98 Å². The third-order valence-electron chi connectivity index (χ3n) is 5.16. The van der Waals surface area contributed by atoms with Gasteiger partial charge in [-0.1, -0.05) is 36.1 Å². The molecule has 1 aliphatic carbocycles. The molecule has 0 spiro atoms. The van der Waals surface area contributed by atoms with Crippen molar-refractivity contribution >= 4 is 34.5 Å². The second-order valence-corrected chi connectivity index (χ2v) is 8.11.